The Morgan fingerprint density at radius 2 is 1.62 bits per heavy atom. The Hall–Kier alpha value is -3.67. The van der Waals surface area contributed by atoms with Gasteiger partial charge in [0.2, 0.25) is 0 Å². The largest absolute Gasteiger partial charge is 0.504 e. The molecule has 0 atom stereocenters. The smallest absolute Gasteiger partial charge is 0.182 e. The van der Waals surface area contributed by atoms with Crippen molar-refractivity contribution in [2.45, 2.75) is 6.92 Å². The van der Waals surface area contributed by atoms with Crippen molar-refractivity contribution in [2.24, 2.45) is 10.2 Å². The Morgan fingerprint density at radius 3 is 2.38 bits per heavy atom. The first-order valence-corrected chi connectivity index (χ1v) is 8.12. The van der Waals surface area contributed by atoms with E-state index in [9.17, 15) is 5.11 Å². The van der Waals surface area contributed by atoms with E-state index in [4.69, 9.17) is 4.74 Å². The summed E-state index contributed by atoms with van der Waals surface area (Å²) in [5.41, 5.74) is 1.85. The number of imidazole rings is 1. The molecule has 6 nitrogen and oxygen atoms in total. The summed E-state index contributed by atoms with van der Waals surface area (Å²) >= 11 is 0. The number of aromatic hydroxyl groups is 1. The third kappa shape index (κ3) is 3.12. The molecule has 2 aromatic carbocycles. The summed E-state index contributed by atoms with van der Waals surface area (Å²) in [6.07, 6.45) is 1.79. The van der Waals surface area contributed by atoms with Gasteiger partial charge in [-0.1, -0.05) is 18.2 Å². The van der Waals surface area contributed by atoms with Gasteiger partial charge in [0.1, 0.15) is 11.5 Å². The number of aryl methyl sites for hydroxylation is 1. The molecule has 128 valence electrons. The number of nitrogens with zero attached hydrogens (tertiary/aromatic N) is 4. The summed E-state index contributed by atoms with van der Waals surface area (Å²) < 4.78 is 7.47. The predicted molar refractivity (Wildman–Crippen MR) is 98.7 cm³/mol. The number of hydrogen-bond acceptors (Lipinski definition) is 5. The molecule has 26 heavy (non-hydrogen) atoms. The molecule has 4 rings (SSSR count). The average Bonchev–Trinajstić information content (AvgIpc) is 2.99. The number of para-hydroxylation sites is 1. The van der Waals surface area contributed by atoms with Crippen molar-refractivity contribution in [1.82, 2.24) is 9.38 Å². The fourth-order valence-electron chi connectivity index (χ4n) is 2.59. The van der Waals surface area contributed by atoms with Crippen LogP contribution in [0.5, 0.6) is 17.2 Å². The van der Waals surface area contributed by atoms with E-state index in [1.807, 2.05) is 61.5 Å². The van der Waals surface area contributed by atoms with E-state index in [2.05, 4.69) is 15.2 Å². The number of fused-ring (bicyclic) bond motifs is 1. The molecular formula is C20H16N4O2. The Balaban J connectivity index is 1.56. The van der Waals surface area contributed by atoms with Crippen molar-refractivity contribution in [3.05, 3.63) is 78.6 Å². The zero-order valence-electron chi connectivity index (χ0n) is 14.1. The van der Waals surface area contributed by atoms with Gasteiger partial charge in [0, 0.05) is 6.20 Å². The van der Waals surface area contributed by atoms with E-state index in [1.54, 1.807) is 22.7 Å². The van der Waals surface area contributed by atoms with Gasteiger partial charge in [-0.15, -0.1) is 10.2 Å². The number of rotatable bonds is 4. The highest BCUT2D eigenvalue weighted by atomic mass is 16.5. The van der Waals surface area contributed by atoms with Gasteiger partial charge in [-0.25, -0.2) is 4.98 Å². The van der Waals surface area contributed by atoms with E-state index in [0.717, 1.165) is 11.5 Å². The van der Waals surface area contributed by atoms with Crippen molar-refractivity contribution in [3.8, 4) is 17.2 Å². The quantitative estimate of drug-likeness (QED) is 0.493. The van der Waals surface area contributed by atoms with Crippen LogP contribution in [0.15, 0.2) is 83.2 Å². The van der Waals surface area contributed by atoms with Gasteiger partial charge in [0.05, 0.1) is 11.4 Å². The predicted octanol–water partition coefficient (Wildman–Crippen LogP) is 5.56. The molecule has 1 N–H and O–H groups in total. The molecular weight excluding hydrogens is 328 g/mol. The summed E-state index contributed by atoms with van der Waals surface area (Å²) in [5.74, 6) is 2.20. The van der Waals surface area contributed by atoms with E-state index >= 15 is 0 Å². The minimum Gasteiger partial charge on any atom is -0.504 e. The average molecular weight is 344 g/mol. The van der Waals surface area contributed by atoms with Crippen molar-refractivity contribution in [3.63, 3.8) is 0 Å². The number of pyridine rings is 1. The second-order valence-electron chi connectivity index (χ2n) is 5.72. The third-order valence-corrected chi connectivity index (χ3v) is 3.85. The van der Waals surface area contributed by atoms with Crippen LogP contribution < -0.4 is 4.74 Å². The zero-order chi connectivity index (χ0) is 17.9. The molecule has 0 unspecified atom stereocenters. The topological polar surface area (TPSA) is 71.5 Å². The maximum atomic E-state index is 9.88. The molecule has 0 aliphatic carbocycles. The summed E-state index contributed by atoms with van der Waals surface area (Å²) in [5, 5.41) is 18.4. The summed E-state index contributed by atoms with van der Waals surface area (Å²) in [4.78, 5) is 4.33. The third-order valence-electron chi connectivity index (χ3n) is 3.85. The number of hydrogen-bond donors (Lipinski definition) is 1. The lowest BCUT2D eigenvalue weighted by Crippen LogP contribution is -1.83. The molecule has 0 saturated carbocycles. The molecule has 0 bridgehead atoms. The molecule has 6 heteroatoms. The molecule has 0 aliphatic rings. The molecule has 0 spiro atoms. The molecule has 4 aromatic rings. The normalized spacial score (nSPS) is 11.3. The maximum absolute atomic E-state index is 9.88. The van der Waals surface area contributed by atoms with Crippen LogP contribution in [0.4, 0.5) is 11.5 Å². The fourth-order valence-corrected chi connectivity index (χ4v) is 2.59. The number of ether oxygens (including phenoxy) is 1. The van der Waals surface area contributed by atoms with Gasteiger partial charge in [-0.2, -0.15) is 0 Å². The minimum absolute atomic E-state index is 0.111. The van der Waals surface area contributed by atoms with Crippen molar-refractivity contribution >= 4 is 17.2 Å². The van der Waals surface area contributed by atoms with Crippen molar-refractivity contribution < 1.29 is 9.84 Å². The van der Waals surface area contributed by atoms with Gasteiger partial charge in [0.25, 0.3) is 0 Å². The van der Waals surface area contributed by atoms with Crippen LogP contribution in [0.25, 0.3) is 5.65 Å². The lowest BCUT2D eigenvalue weighted by molar-refractivity contribution is 0.477. The molecule has 2 aromatic heterocycles. The van der Waals surface area contributed by atoms with Crippen molar-refractivity contribution in [2.75, 3.05) is 0 Å². The van der Waals surface area contributed by atoms with Gasteiger partial charge < -0.3 is 9.84 Å². The summed E-state index contributed by atoms with van der Waals surface area (Å²) in [6.45, 7) is 1.83. The lowest BCUT2D eigenvalue weighted by Gasteiger charge is -2.04. The molecule has 0 radical (unpaired) electrons. The highest BCUT2D eigenvalue weighted by molar-refractivity contribution is 5.60. The minimum atomic E-state index is 0.111. The summed E-state index contributed by atoms with van der Waals surface area (Å²) in [7, 11) is 0. The Morgan fingerprint density at radius 1 is 0.885 bits per heavy atom. The number of aromatic nitrogens is 2. The van der Waals surface area contributed by atoms with Crippen LogP contribution in [0.2, 0.25) is 0 Å². The Labute approximate surface area is 150 Å². The molecule has 0 saturated heterocycles. The van der Waals surface area contributed by atoms with Gasteiger partial charge in [-0.05, 0) is 55.5 Å². The van der Waals surface area contributed by atoms with Crippen LogP contribution in [-0.2, 0) is 0 Å². The first kappa shape index (κ1) is 15.8. The van der Waals surface area contributed by atoms with E-state index in [-0.39, 0.29) is 5.75 Å². The zero-order valence-corrected chi connectivity index (χ0v) is 14.1. The first-order chi connectivity index (χ1) is 12.7. The SMILES string of the molecule is Cc1nc2c(O)cccn2c1N=Nc1ccc(Oc2ccccc2)cc1. The highest BCUT2D eigenvalue weighted by Crippen LogP contribution is 2.28. The highest BCUT2D eigenvalue weighted by Gasteiger charge is 2.10. The Kier molecular flexibility index (Phi) is 4.07. The van der Waals surface area contributed by atoms with Gasteiger partial charge in [0.15, 0.2) is 17.2 Å². The van der Waals surface area contributed by atoms with E-state index in [1.165, 1.54) is 0 Å². The standard InChI is InChI=1S/C20H16N4O2/c1-14-19(24-13-5-8-18(25)20(24)21-14)23-22-15-9-11-17(12-10-15)26-16-6-3-2-4-7-16/h2-13,25H,1H3. The van der Waals surface area contributed by atoms with Crippen LogP contribution in [0.3, 0.4) is 0 Å². The summed E-state index contributed by atoms with van der Waals surface area (Å²) in [6, 6.07) is 20.3. The maximum Gasteiger partial charge on any atom is 0.182 e. The van der Waals surface area contributed by atoms with Crippen LogP contribution >= 0.6 is 0 Å². The van der Waals surface area contributed by atoms with E-state index in [0.29, 0.717) is 22.8 Å². The van der Waals surface area contributed by atoms with Crippen molar-refractivity contribution in [1.29, 1.82) is 0 Å². The monoisotopic (exact) mass is 344 g/mol. The molecule has 0 aliphatic heterocycles. The second kappa shape index (κ2) is 6.68. The number of benzene rings is 2. The van der Waals surface area contributed by atoms with Gasteiger partial charge >= 0.3 is 0 Å². The lowest BCUT2D eigenvalue weighted by atomic mass is 10.3. The first-order valence-electron chi connectivity index (χ1n) is 8.12. The Bertz CT molecular complexity index is 1070. The fraction of sp³-hybridized carbons (Fsp3) is 0.0500. The van der Waals surface area contributed by atoms with Crippen LogP contribution in [-0.4, -0.2) is 14.5 Å². The second-order valence-corrected chi connectivity index (χ2v) is 5.72. The van der Waals surface area contributed by atoms with E-state index < -0.39 is 0 Å². The number of azo groups is 1. The van der Waals surface area contributed by atoms with Crippen LogP contribution in [0, 0.1) is 6.92 Å². The molecule has 2 heterocycles. The molecule has 0 amide bonds. The molecule has 0 fully saturated rings. The van der Waals surface area contributed by atoms with Crippen LogP contribution in [0.1, 0.15) is 5.69 Å². The van der Waals surface area contributed by atoms with Gasteiger partial charge in [-0.3, -0.25) is 4.40 Å².